The number of hydrogen-bond acceptors (Lipinski definition) is 5. The van der Waals surface area contributed by atoms with E-state index in [1.807, 2.05) is 0 Å². The third kappa shape index (κ3) is 3.90. The zero-order chi connectivity index (χ0) is 22.2. The minimum Gasteiger partial charge on any atom is -0.497 e. The number of carbonyl (C=O) groups is 1. The lowest BCUT2D eigenvalue weighted by Gasteiger charge is -2.28. The van der Waals surface area contributed by atoms with Gasteiger partial charge in [-0.05, 0) is 49.4 Å². The van der Waals surface area contributed by atoms with Crippen LogP contribution in [-0.2, 0) is 28.9 Å². The van der Waals surface area contributed by atoms with Crippen LogP contribution in [0.3, 0.4) is 0 Å². The molecule has 160 valence electrons. The van der Waals surface area contributed by atoms with E-state index in [1.54, 1.807) is 56.6 Å². The highest BCUT2D eigenvalue weighted by molar-refractivity contribution is 7.92. The second-order valence-corrected chi connectivity index (χ2v) is 8.89. The Morgan fingerprint density at radius 1 is 1.07 bits per heavy atom. The normalized spacial score (nSPS) is 12.6. The van der Waals surface area contributed by atoms with Gasteiger partial charge in [0.1, 0.15) is 11.8 Å². The van der Waals surface area contributed by atoms with Gasteiger partial charge in [-0.25, -0.2) is 13.2 Å². The van der Waals surface area contributed by atoms with Gasteiger partial charge in [-0.15, -0.1) is 0 Å². The number of anilines is 2. The molecule has 0 spiro atoms. The van der Waals surface area contributed by atoms with Gasteiger partial charge in [0, 0.05) is 19.8 Å². The number of carbonyl (C=O) groups excluding carboxylic acids is 1. The molecule has 0 aliphatic rings. The van der Waals surface area contributed by atoms with Crippen molar-refractivity contribution >= 4 is 38.3 Å². The highest BCUT2D eigenvalue weighted by atomic mass is 32.2. The summed E-state index contributed by atoms with van der Waals surface area (Å²) in [4.78, 5) is 25.0. The second-order valence-electron chi connectivity index (χ2n) is 7.03. The lowest BCUT2D eigenvalue weighted by Crippen LogP contribution is -2.45. The summed E-state index contributed by atoms with van der Waals surface area (Å²) in [5, 5.41) is 2.74. The molecule has 0 bridgehead atoms. The van der Waals surface area contributed by atoms with Gasteiger partial charge in [0.05, 0.1) is 30.1 Å². The van der Waals surface area contributed by atoms with Crippen molar-refractivity contribution in [2.75, 3.05) is 23.0 Å². The van der Waals surface area contributed by atoms with Crippen LogP contribution in [0, 0.1) is 0 Å². The maximum Gasteiger partial charge on any atom is 0.328 e. The summed E-state index contributed by atoms with van der Waals surface area (Å²) in [6.45, 7) is 1.51. The summed E-state index contributed by atoms with van der Waals surface area (Å²) in [5.74, 6) is 0.0719. The molecule has 0 radical (unpaired) electrons. The van der Waals surface area contributed by atoms with Crippen molar-refractivity contribution < 1.29 is 17.9 Å². The lowest BCUT2D eigenvalue weighted by molar-refractivity contribution is -0.116. The molecule has 3 rings (SSSR count). The molecule has 1 unspecified atom stereocenters. The Bertz CT molecular complexity index is 1260. The van der Waals surface area contributed by atoms with E-state index in [1.165, 1.54) is 23.2 Å². The molecule has 3 aromatic rings. The van der Waals surface area contributed by atoms with Crippen LogP contribution in [0.2, 0.25) is 0 Å². The number of methoxy groups -OCH3 is 1. The summed E-state index contributed by atoms with van der Waals surface area (Å²) in [5.41, 5.74) is 2.02. The molecule has 0 saturated heterocycles. The molecule has 2 aromatic carbocycles. The fourth-order valence-corrected chi connectivity index (χ4v) is 4.54. The Labute approximate surface area is 174 Å². The average Bonchev–Trinajstić information content (AvgIpc) is 2.91. The molecule has 1 heterocycles. The summed E-state index contributed by atoms with van der Waals surface area (Å²) < 4.78 is 34.0. The standard InChI is InChI=1S/C20H24N4O5S/c1-13(24(30(5,27)28)15-7-9-16(29-4)10-8-15)19(25)21-14-6-11-17-18(12-14)23(3)20(26)22(17)2/h6-13H,1-5H3,(H,21,25). The van der Waals surface area contributed by atoms with Gasteiger partial charge in [-0.3, -0.25) is 18.2 Å². The number of rotatable bonds is 6. The average molecular weight is 433 g/mol. The molecular weight excluding hydrogens is 408 g/mol. The largest absolute Gasteiger partial charge is 0.497 e. The molecule has 10 heteroatoms. The van der Waals surface area contributed by atoms with Gasteiger partial charge >= 0.3 is 5.69 Å². The number of imidazole rings is 1. The van der Waals surface area contributed by atoms with Gasteiger partial charge in [-0.2, -0.15) is 0 Å². The molecule has 30 heavy (non-hydrogen) atoms. The Morgan fingerprint density at radius 3 is 2.23 bits per heavy atom. The van der Waals surface area contributed by atoms with Crippen molar-refractivity contribution in [1.82, 2.24) is 9.13 Å². The molecule has 0 saturated carbocycles. The molecule has 9 nitrogen and oxygen atoms in total. The quantitative estimate of drug-likeness (QED) is 0.638. The van der Waals surface area contributed by atoms with Crippen LogP contribution in [-0.4, -0.2) is 42.9 Å². The second kappa shape index (κ2) is 7.86. The van der Waals surface area contributed by atoms with E-state index < -0.39 is 22.0 Å². The topological polar surface area (TPSA) is 103 Å². The van der Waals surface area contributed by atoms with E-state index in [0.29, 0.717) is 22.6 Å². The van der Waals surface area contributed by atoms with E-state index in [2.05, 4.69) is 5.32 Å². The number of hydrogen-bond donors (Lipinski definition) is 1. The van der Waals surface area contributed by atoms with E-state index in [4.69, 9.17) is 4.74 Å². The van der Waals surface area contributed by atoms with Crippen molar-refractivity contribution in [2.45, 2.75) is 13.0 Å². The van der Waals surface area contributed by atoms with Crippen LogP contribution in [0.1, 0.15) is 6.92 Å². The molecule has 1 amide bonds. The summed E-state index contributed by atoms with van der Waals surface area (Å²) in [6, 6.07) is 10.5. The molecule has 0 aliphatic heterocycles. The predicted molar refractivity (Wildman–Crippen MR) is 117 cm³/mol. The zero-order valence-corrected chi connectivity index (χ0v) is 18.2. The van der Waals surface area contributed by atoms with Crippen molar-refractivity contribution in [3.63, 3.8) is 0 Å². The van der Waals surface area contributed by atoms with Crippen LogP contribution in [0.15, 0.2) is 47.3 Å². The minimum absolute atomic E-state index is 0.176. The number of fused-ring (bicyclic) bond motifs is 1. The van der Waals surface area contributed by atoms with E-state index in [9.17, 15) is 18.0 Å². The first-order valence-electron chi connectivity index (χ1n) is 9.14. The van der Waals surface area contributed by atoms with Crippen LogP contribution < -0.4 is 20.0 Å². The number of sulfonamides is 1. The number of ether oxygens (including phenoxy) is 1. The monoisotopic (exact) mass is 432 g/mol. The van der Waals surface area contributed by atoms with E-state index in [0.717, 1.165) is 16.1 Å². The fourth-order valence-electron chi connectivity index (χ4n) is 3.37. The van der Waals surface area contributed by atoms with Crippen molar-refractivity contribution in [3.05, 3.63) is 52.9 Å². The number of amides is 1. The molecule has 1 atom stereocenters. The number of aryl methyl sites for hydroxylation is 2. The minimum atomic E-state index is -3.73. The van der Waals surface area contributed by atoms with Gasteiger partial charge in [0.2, 0.25) is 15.9 Å². The Balaban J connectivity index is 1.91. The summed E-state index contributed by atoms with van der Waals surface area (Å²) >= 11 is 0. The van der Waals surface area contributed by atoms with Gasteiger partial charge in [0.25, 0.3) is 0 Å². The molecular formula is C20H24N4O5S. The van der Waals surface area contributed by atoms with Crippen molar-refractivity contribution in [3.8, 4) is 5.75 Å². The zero-order valence-electron chi connectivity index (χ0n) is 17.4. The van der Waals surface area contributed by atoms with Crippen molar-refractivity contribution in [1.29, 1.82) is 0 Å². The van der Waals surface area contributed by atoms with Gasteiger partial charge in [0.15, 0.2) is 0 Å². The molecule has 1 aromatic heterocycles. The van der Waals surface area contributed by atoms with Crippen LogP contribution in [0.25, 0.3) is 11.0 Å². The van der Waals surface area contributed by atoms with E-state index >= 15 is 0 Å². The van der Waals surface area contributed by atoms with E-state index in [-0.39, 0.29) is 5.69 Å². The number of nitrogens with one attached hydrogen (secondary N) is 1. The Morgan fingerprint density at radius 2 is 1.67 bits per heavy atom. The van der Waals surface area contributed by atoms with Crippen LogP contribution in [0.5, 0.6) is 5.75 Å². The smallest absolute Gasteiger partial charge is 0.328 e. The molecule has 1 N–H and O–H groups in total. The van der Waals surface area contributed by atoms with Crippen LogP contribution >= 0.6 is 0 Å². The van der Waals surface area contributed by atoms with Crippen molar-refractivity contribution in [2.24, 2.45) is 14.1 Å². The highest BCUT2D eigenvalue weighted by Crippen LogP contribution is 2.25. The van der Waals surface area contributed by atoms with Gasteiger partial charge in [-0.1, -0.05) is 0 Å². The SMILES string of the molecule is COc1ccc(N(C(C)C(=O)Nc2ccc3c(c2)n(C)c(=O)n3C)S(C)(=O)=O)cc1. The fraction of sp³-hybridized carbons (Fsp3) is 0.300. The number of aromatic nitrogens is 2. The molecule has 0 fully saturated rings. The first-order chi connectivity index (χ1) is 14.0. The summed E-state index contributed by atoms with van der Waals surface area (Å²) in [6.07, 6.45) is 1.05. The first kappa shape index (κ1) is 21.4. The Kier molecular flexibility index (Phi) is 5.62. The maximum absolute atomic E-state index is 12.9. The highest BCUT2D eigenvalue weighted by Gasteiger charge is 2.29. The first-order valence-corrected chi connectivity index (χ1v) is 11.0. The lowest BCUT2D eigenvalue weighted by atomic mass is 10.2. The Hall–Kier alpha value is -3.27. The third-order valence-corrected chi connectivity index (χ3v) is 6.20. The molecule has 0 aliphatic carbocycles. The number of nitrogens with zero attached hydrogens (tertiary/aromatic N) is 3. The van der Waals surface area contributed by atoms with Gasteiger partial charge < -0.3 is 10.1 Å². The van der Waals surface area contributed by atoms with Crippen LogP contribution in [0.4, 0.5) is 11.4 Å². The third-order valence-electron chi connectivity index (χ3n) is 4.95. The summed E-state index contributed by atoms with van der Waals surface area (Å²) in [7, 11) is 1.10. The predicted octanol–water partition coefficient (Wildman–Crippen LogP) is 1.68. The maximum atomic E-state index is 12.9. The number of benzene rings is 2.